The monoisotopic (exact) mass is 290 g/mol. The first-order valence-electron chi connectivity index (χ1n) is 7.07. The summed E-state index contributed by atoms with van der Waals surface area (Å²) in [4.78, 5) is 1.31. The van der Waals surface area contributed by atoms with Gasteiger partial charge < -0.3 is 5.32 Å². The lowest BCUT2D eigenvalue weighted by Gasteiger charge is -2.02. The number of hydrogen-bond donors (Lipinski definition) is 1. The van der Waals surface area contributed by atoms with Crippen molar-refractivity contribution in [3.63, 3.8) is 0 Å². The van der Waals surface area contributed by atoms with E-state index in [1.807, 2.05) is 22.6 Å². The Morgan fingerprint density at radius 2 is 2.05 bits per heavy atom. The Hall–Kier alpha value is -1.33. The second-order valence-corrected chi connectivity index (χ2v) is 5.98. The van der Waals surface area contributed by atoms with E-state index in [9.17, 15) is 0 Å². The molecule has 0 spiro atoms. The quantitative estimate of drug-likeness (QED) is 0.599. The average Bonchev–Trinajstić information content (AvgIpc) is 2.89. The van der Waals surface area contributed by atoms with Crippen LogP contribution in [0.1, 0.15) is 24.6 Å². The predicted molar refractivity (Wildman–Crippen MR) is 83.9 cm³/mol. The number of thioether (sulfide) groups is 1. The van der Waals surface area contributed by atoms with E-state index >= 15 is 0 Å². The van der Waals surface area contributed by atoms with Crippen molar-refractivity contribution in [2.24, 2.45) is 0 Å². The summed E-state index contributed by atoms with van der Waals surface area (Å²) in [6, 6.07) is 8.63. The Kier molecular flexibility index (Phi) is 6.08. The topological polar surface area (TPSA) is 42.7 Å². The molecule has 2 aromatic rings. The summed E-state index contributed by atoms with van der Waals surface area (Å²) in [5.74, 6) is 1.01. The fourth-order valence-corrected chi connectivity index (χ4v) is 2.66. The third kappa shape index (κ3) is 4.98. The average molecular weight is 290 g/mol. The summed E-state index contributed by atoms with van der Waals surface area (Å²) in [5, 5.41) is 11.7. The van der Waals surface area contributed by atoms with Crippen molar-refractivity contribution in [2.75, 3.05) is 12.3 Å². The molecule has 1 aromatic carbocycles. The van der Waals surface area contributed by atoms with E-state index in [1.54, 1.807) is 0 Å². The van der Waals surface area contributed by atoms with Gasteiger partial charge in [-0.3, -0.25) is 4.68 Å². The molecule has 5 heteroatoms. The van der Waals surface area contributed by atoms with Gasteiger partial charge in [0.25, 0.3) is 0 Å². The zero-order chi connectivity index (χ0) is 14.2. The smallest absolute Gasteiger partial charge is 0.0964 e. The Bertz CT molecular complexity index is 507. The van der Waals surface area contributed by atoms with Gasteiger partial charge in [-0.1, -0.05) is 29.8 Å². The first kappa shape index (κ1) is 15.1. The van der Waals surface area contributed by atoms with Gasteiger partial charge in [0, 0.05) is 23.4 Å². The van der Waals surface area contributed by atoms with E-state index in [0.717, 1.165) is 37.5 Å². The number of benzene rings is 1. The lowest BCUT2D eigenvalue weighted by Crippen LogP contribution is -2.13. The summed E-state index contributed by atoms with van der Waals surface area (Å²) >= 11 is 1.85. The number of aromatic nitrogens is 3. The molecule has 0 saturated carbocycles. The number of aryl methyl sites for hydroxylation is 2. The van der Waals surface area contributed by atoms with Crippen LogP contribution < -0.4 is 5.32 Å². The first-order chi connectivity index (χ1) is 9.78. The Balaban J connectivity index is 1.72. The molecule has 1 N–H and O–H groups in total. The summed E-state index contributed by atoms with van der Waals surface area (Å²) in [6.07, 6.45) is 3.17. The molecule has 0 fully saturated rings. The third-order valence-electron chi connectivity index (χ3n) is 2.93. The van der Waals surface area contributed by atoms with Crippen LogP contribution >= 0.6 is 11.8 Å². The van der Waals surface area contributed by atoms with Gasteiger partial charge in [-0.25, -0.2) is 0 Å². The first-order valence-corrected chi connectivity index (χ1v) is 8.05. The van der Waals surface area contributed by atoms with Gasteiger partial charge in [-0.15, -0.1) is 16.9 Å². The molecule has 0 bridgehead atoms. The molecule has 1 heterocycles. The zero-order valence-electron chi connectivity index (χ0n) is 12.2. The fraction of sp³-hybridized carbons (Fsp3) is 0.467. The van der Waals surface area contributed by atoms with E-state index in [0.29, 0.717) is 0 Å². The highest BCUT2D eigenvalue weighted by Gasteiger charge is 2.00. The molecule has 4 nitrogen and oxygen atoms in total. The SMILES string of the molecule is CCCNCc1cn(CCSc2ccc(C)cc2)nn1. The van der Waals surface area contributed by atoms with Crippen molar-refractivity contribution in [2.45, 2.75) is 38.3 Å². The molecule has 0 aliphatic carbocycles. The molecule has 0 amide bonds. The van der Waals surface area contributed by atoms with Crippen molar-refractivity contribution in [3.8, 4) is 0 Å². The highest BCUT2D eigenvalue weighted by Crippen LogP contribution is 2.18. The molecule has 0 saturated heterocycles. The second kappa shape index (κ2) is 8.07. The minimum absolute atomic E-state index is 0.805. The van der Waals surface area contributed by atoms with Crippen LogP contribution in [0.4, 0.5) is 0 Å². The van der Waals surface area contributed by atoms with E-state index in [4.69, 9.17) is 0 Å². The van der Waals surface area contributed by atoms with Gasteiger partial charge in [0.15, 0.2) is 0 Å². The maximum absolute atomic E-state index is 4.17. The molecule has 0 radical (unpaired) electrons. The van der Waals surface area contributed by atoms with Crippen molar-refractivity contribution in [3.05, 3.63) is 41.7 Å². The fourth-order valence-electron chi connectivity index (χ4n) is 1.81. The Labute approximate surface area is 125 Å². The summed E-state index contributed by atoms with van der Waals surface area (Å²) < 4.78 is 1.92. The molecule has 2 rings (SSSR count). The standard InChI is InChI=1S/C15H22N4S/c1-3-8-16-11-14-12-19(18-17-14)9-10-20-15-6-4-13(2)5-7-15/h4-7,12,16H,3,8-11H2,1-2H3. The summed E-state index contributed by atoms with van der Waals surface area (Å²) in [5.41, 5.74) is 2.31. The van der Waals surface area contributed by atoms with Crippen LogP contribution in [0.15, 0.2) is 35.4 Å². The number of hydrogen-bond acceptors (Lipinski definition) is 4. The van der Waals surface area contributed by atoms with Crippen molar-refractivity contribution in [1.82, 2.24) is 20.3 Å². The normalized spacial score (nSPS) is 10.9. The summed E-state index contributed by atoms with van der Waals surface area (Å²) in [7, 11) is 0. The van der Waals surface area contributed by atoms with Gasteiger partial charge in [0.05, 0.1) is 12.2 Å². The van der Waals surface area contributed by atoms with Crippen LogP contribution in [-0.2, 0) is 13.1 Å². The second-order valence-electron chi connectivity index (χ2n) is 4.81. The molecule has 20 heavy (non-hydrogen) atoms. The van der Waals surface area contributed by atoms with Gasteiger partial charge in [-0.05, 0) is 32.0 Å². The molecular formula is C15H22N4S. The van der Waals surface area contributed by atoms with Crippen molar-refractivity contribution >= 4 is 11.8 Å². The third-order valence-corrected chi connectivity index (χ3v) is 3.92. The maximum atomic E-state index is 4.17. The molecule has 108 valence electrons. The van der Waals surface area contributed by atoms with E-state index < -0.39 is 0 Å². The van der Waals surface area contributed by atoms with Crippen molar-refractivity contribution < 1.29 is 0 Å². The van der Waals surface area contributed by atoms with Gasteiger partial charge >= 0.3 is 0 Å². The predicted octanol–water partition coefficient (Wildman–Crippen LogP) is 2.88. The molecule has 1 aromatic heterocycles. The van der Waals surface area contributed by atoms with Crippen LogP contribution in [0, 0.1) is 6.92 Å². The molecule has 0 atom stereocenters. The highest BCUT2D eigenvalue weighted by atomic mass is 32.2. The minimum Gasteiger partial charge on any atom is -0.311 e. The summed E-state index contributed by atoms with van der Waals surface area (Å²) in [6.45, 7) is 6.98. The lowest BCUT2D eigenvalue weighted by atomic mass is 10.2. The maximum Gasteiger partial charge on any atom is 0.0964 e. The molecule has 0 aliphatic heterocycles. The van der Waals surface area contributed by atoms with Crippen LogP contribution in [0.5, 0.6) is 0 Å². The van der Waals surface area contributed by atoms with Crippen LogP contribution in [0.25, 0.3) is 0 Å². The molecular weight excluding hydrogens is 268 g/mol. The van der Waals surface area contributed by atoms with Crippen LogP contribution in [0.3, 0.4) is 0 Å². The largest absolute Gasteiger partial charge is 0.311 e. The number of nitrogens with zero attached hydrogens (tertiary/aromatic N) is 3. The van der Waals surface area contributed by atoms with Crippen LogP contribution in [0.2, 0.25) is 0 Å². The van der Waals surface area contributed by atoms with E-state index in [1.165, 1.54) is 10.5 Å². The lowest BCUT2D eigenvalue weighted by molar-refractivity contribution is 0.630. The van der Waals surface area contributed by atoms with Gasteiger partial charge in [0.2, 0.25) is 0 Å². The molecule has 0 aliphatic rings. The number of nitrogens with one attached hydrogen (secondary N) is 1. The van der Waals surface area contributed by atoms with E-state index in [2.05, 4.69) is 53.7 Å². The Morgan fingerprint density at radius 1 is 1.25 bits per heavy atom. The highest BCUT2D eigenvalue weighted by molar-refractivity contribution is 7.99. The zero-order valence-corrected chi connectivity index (χ0v) is 13.0. The van der Waals surface area contributed by atoms with Gasteiger partial charge in [-0.2, -0.15) is 0 Å². The molecule has 0 unspecified atom stereocenters. The Morgan fingerprint density at radius 3 is 2.80 bits per heavy atom. The minimum atomic E-state index is 0.805. The van der Waals surface area contributed by atoms with Crippen molar-refractivity contribution in [1.29, 1.82) is 0 Å². The van der Waals surface area contributed by atoms with Crippen LogP contribution in [-0.4, -0.2) is 27.3 Å². The number of rotatable bonds is 8. The van der Waals surface area contributed by atoms with Gasteiger partial charge in [0.1, 0.15) is 0 Å². The van der Waals surface area contributed by atoms with E-state index in [-0.39, 0.29) is 0 Å².